The fourth-order valence-corrected chi connectivity index (χ4v) is 6.79. The third-order valence-electron chi connectivity index (χ3n) is 9.92. The lowest BCUT2D eigenvalue weighted by atomic mass is 9.86. The molecule has 0 saturated heterocycles. The number of nitrogens with zero attached hydrogens (tertiary/aromatic N) is 4. The largest absolute Gasteiger partial charge is 0.478 e. The van der Waals surface area contributed by atoms with E-state index in [1.165, 1.54) is 24.3 Å². The van der Waals surface area contributed by atoms with Gasteiger partial charge in [-0.15, -0.1) is 0 Å². The zero-order valence-electron chi connectivity index (χ0n) is 31.5. The van der Waals surface area contributed by atoms with Crippen LogP contribution in [-0.2, 0) is 10.8 Å². The molecular weight excluding hydrogens is 713 g/mol. The molecule has 12 heteroatoms. The van der Waals surface area contributed by atoms with Gasteiger partial charge in [-0.3, -0.25) is 19.2 Å². The smallest absolute Gasteiger partial charge is 0.335 e. The molecule has 0 spiro atoms. The van der Waals surface area contributed by atoms with E-state index >= 15 is 0 Å². The Morgan fingerprint density at radius 1 is 0.446 bits per heavy atom. The molecule has 0 aliphatic carbocycles. The molecule has 2 heterocycles. The second-order valence-corrected chi connectivity index (χ2v) is 15.7. The zero-order chi connectivity index (χ0) is 40.4. The van der Waals surface area contributed by atoms with Gasteiger partial charge in [-0.2, -0.15) is 15.1 Å². The van der Waals surface area contributed by atoms with Crippen molar-refractivity contribution in [2.24, 2.45) is 0 Å². The minimum absolute atomic E-state index is 0.0563. The summed E-state index contributed by atoms with van der Waals surface area (Å²) in [5.74, 6) is -6.40. The molecule has 0 bridgehead atoms. The summed E-state index contributed by atoms with van der Waals surface area (Å²) in [6, 6.07) is 29.8. The Hall–Kier alpha value is -7.08. The first-order chi connectivity index (χ1) is 26.4. The van der Waals surface area contributed by atoms with Crippen molar-refractivity contribution in [1.82, 2.24) is 10.0 Å². The van der Waals surface area contributed by atoms with Crippen molar-refractivity contribution in [2.45, 2.75) is 52.4 Å². The van der Waals surface area contributed by atoms with Crippen LogP contribution in [0.3, 0.4) is 0 Å². The molecule has 4 amide bonds. The Morgan fingerprint density at radius 3 is 1.07 bits per heavy atom. The number of aromatic carboxylic acids is 2. The first-order valence-electron chi connectivity index (χ1n) is 17.8. The molecular formula is C44H38N4O8. The number of carbonyl (C=O) groups is 6. The third kappa shape index (κ3) is 6.34. The van der Waals surface area contributed by atoms with Crippen LogP contribution in [-0.4, -0.2) is 55.8 Å². The number of carboxylic acids is 2. The van der Waals surface area contributed by atoms with Crippen LogP contribution in [0.1, 0.15) is 115 Å². The normalized spacial score (nSPS) is 13.9. The fourth-order valence-electron chi connectivity index (χ4n) is 6.79. The van der Waals surface area contributed by atoms with Gasteiger partial charge in [-0.25, -0.2) is 9.59 Å². The van der Waals surface area contributed by atoms with E-state index in [1.54, 1.807) is 24.3 Å². The fraction of sp³-hybridized carbons (Fsp3) is 0.182. The van der Waals surface area contributed by atoms with Gasteiger partial charge < -0.3 is 15.1 Å². The minimum Gasteiger partial charge on any atom is -0.478 e. The van der Waals surface area contributed by atoms with Crippen molar-refractivity contribution >= 4 is 58.3 Å². The van der Waals surface area contributed by atoms with Gasteiger partial charge in [0.05, 0.1) is 39.1 Å². The molecule has 7 rings (SSSR count). The van der Waals surface area contributed by atoms with Crippen LogP contribution in [0.25, 0.3) is 0 Å². The van der Waals surface area contributed by atoms with Gasteiger partial charge in [-0.05, 0) is 107 Å². The zero-order valence-corrected chi connectivity index (χ0v) is 31.5. The van der Waals surface area contributed by atoms with Crippen LogP contribution < -0.4 is 10.0 Å². The van der Waals surface area contributed by atoms with E-state index in [9.17, 15) is 39.0 Å². The lowest BCUT2D eigenvalue weighted by Crippen LogP contribution is -2.58. The van der Waals surface area contributed by atoms with Gasteiger partial charge >= 0.3 is 11.9 Å². The van der Waals surface area contributed by atoms with E-state index in [2.05, 4.69) is 65.8 Å². The number of carbonyl (C=O) groups excluding carboxylic acids is 4. The Kier molecular flexibility index (Phi) is 8.87. The first-order valence-corrected chi connectivity index (χ1v) is 17.8. The van der Waals surface area contributed by atoms with Crippen molar-refractivity contribution in [3.05, 3.63) is 154 Å². The molecule has 0 radical (unpaired) electrons. The Balaban J connectivity index is 1.35. The summed E-state index contributed by atoms with van der Waals surface area (Å²) in [4.78, 5) is 81.7. The number of anilines is 4. The molecule has 0 unspecified atom stereocenters. The highest BCUT2D eigenvalue weighted by Crippen LogP contribution is 2.40. The Morgan fingerprint density at radius 2 is 0.750 bits per heavy atom. The Labute approximate surface area is 322 Å². The second kappa shape index (κ2) is 13.3. The van der Waals surface area contributed by atoms with E-state index in [1.807, 2.05) is 29.2 Å². The van der Waals surface area contributed by atoms with Gasteiger partial charge in [0.1, 0.15) is 0 Å². The van der Waals surface area contributed by atoms with Crippen molar-refractivity contribution in [3.8, 4) is 0 Å². The van der Waals surface area contributed by atoms with Crippen LogP contribution >= 0.6 is 0 Å². The number of benzene rings is 5. The molecule has 2 aliphatic rings. The van der Waals surface area contributed by atoms with Gasteiger partial charge in [0.15, 0.2) is 0 Å². The molecule has 5 aromatic rings. The van der Waals surface area contributed by atoms with Gasteiger partial charge in [-0.1, -0.05) is 65.8 Å². The molecule has 12 nitrogen and oxygen atoms in total. The summed E-state index contributed by atoms with van der Waals surface area (Å²) >= 11 is 0. The van der Waals surface area contributed by atoms with Crippen molar-refractivity contribution in [1.29, 1.82) is 0 Å². The van der Waals surface area contributed by atoms with E-state index in [0.717, 1.165) is 39.8 Å². The van der Waals surface area contributed by atoms with Gasteiger partial charge in [0.2, 0.25) is 0 Å². The molecule has 282 valence electrons. The van der Waals surface area contributed by atoms with Crippen LogP contribution in [0.5, 0.6) is 0 Å². The molecule has 2 aliphatic heterocycles. The van der Waals surface area contributed by atoms with E-state index in [0.29, 0.717) is 15.7 Å². The van der Waals surface area contributed by atoms with Gasteiger partial charge in [0, 0.05) is 17.1 Å². The monoisotopic (exact) mass is 750 g/mol. The maximum absolute atomic E-state index is 14.1. The molecule has 5 aromatic carbocycles. The number of fused-ring (bicyclic) bond motifs is 2. The summed E-state index contributed by atoms with van der Waals surface area (Å²) < 4.78 is 0. The number of carboxylic acid groups (broad SMARTS) is 2. The highest BCUT2D eigenvalue weighted by atomic mass is 16.4. The standard InChI is InChI=1S/C44H38N4O8/c1-43(2,3)27-9-13-29(14-10-27)45(30-15-11-28(12-16-30)44(4,5)6)31-17-19-32(20-18-31)48(46-37(49)33-21-7-25(41(53)54)23-35(33)39(46)51)47-38(50)34-22-8-26(42(55)56)24-36(34)40(47)52/h7-24H,1-6H3,(H,53,54)(H,55,56). The summed E-state index contributed by atoms with van der Waals surface area (Å²) in [5.41, 5.74) is 3.33. The Bertz CT molecular complexity index is 2330. The maximum Gasteiger partial charge on any atom is 0.335 e. The number of hydrazine groups is 2. The minimum atomic E-state index is -1.32. The van der Waals surface area contributed by atoms with Crippen LogP contribution in [0.2, 0.25) is 0 Å². The first kappa shape index (κ1) is 37.2. The summed E-state index contributed by atoms with van der Waals surface area (Å²) in [6.07, 6.45) is 0. The predicted molar refractivity (Wildman–Crippen MR) is 209 cm³/mol. The topological polar surface area (TPSA) is 156 Å². The number of hydrogen-bond acceptors (Lipinski definition) is 8. The van der Waals surface area contributed by atoms with E-state index in [4.69, 9.17) is 0 Å². The lowest BCUT2D eigenvalue weighted by molar-refractivity contribution is 0.0408. The number of imide groups is 2. The highest BCUT2D eigenvalue weighted by Gasteiger charge is 2.49. The van der Waals surface area contributed by atoms with Crippen molar-refractivity contribution < 1.29 is 39.0 Å². The number of amides is 4. The molecule has 2 N–H and O–H groups in total. The van der Waals surface area contributed by atoms with Gasteiger partial charge in [0.25, 0.3) is 23.6 Å². The van der Waals surface area contributed by atoms with Crippen LogP contribution in [0.15, 0.2) is 109 Å². The summed E-state index contributed by atoms with van der Waals surface area (Å²) in [5, 5.41) is 21.3. The number of rotatable bonds is 8. The molecule has 0 aromatic heterocycles. The predicted octanol–water partition coefficient (Wildman–Crippen LogP) is 8.38. The van der Waals surface area contributed by atoms with Crippen molar-refractivity contribution in [3.63, 3.8) is 0 Å². The summed E-state index contributed by atoms with van der Waals surface area (Å²) in [7, 11) is 0. The molecule has 0 fully saturated rings. The quantitative estimate of drug-likeness (QED) is 0.148. The average Bonchev–Trinajstić information content (AvgIpc) is 3.55. The van der Waals surface area contributed by atoms with E-state index in [-0.39, 0.29) is 49.9 Å². The van der Waals surface area contributed by atoms with Crippen LogP contribution in [0.4, 0.5) is 22.7 Å². The molecule has 56 heavy (non-hydrogen) atoms. The number of hydrogen-bond donors (Lipinski definition) is 2. The third-order valence-corrected chi connectivity index (χ3v) is 9.92. The average molecular weight is 751 g/mol. The lowest BCUT2D eigenvalue weighted by Gasteiger charge is -2.37. The van der Waals surface area contributed by atoms with E-state index < -0.39 is 35.6 Å². The SMILES string of the molecule is CC(C)(C)c1ccc(N(c2ccc(N(N3C(=O)c4ccc(C(=O)O)cc4C3=O)N3C(=O)c4ccc(C(=O)O)cc4C3=O)cc2)c2ccc(C(C)(C)C)cc2)cc1. The summed E-state index contributed by atoms with van der Waals surface area (Å²) in [6.45, 7) is 12.8. The molecule has 0 atom stereocenters. The highest BCUT2D eigenvalue weighted by molar-refractivity contribution is 6.26. The molecule has 0 saturated carbocycles. The maximum atomic E-state index is 14.1. The second-order valence-electron chi connectivity index (χ2n) is 15.7. The van der Waals surface area contributed by atoms with Crippen molar-refractivity contribution in [2.75, 3.05) is 10.0 Å². The van der Waals surface area contributed by atoms with Crippen LogP contribution in [0, 0.1) is 0 Å².